The first-order chi connectivity index (χ1) is 16.1. The van der Waals surface area contributed by atoms with E-state index in [1.165, 1.54) is 4.90 Å². The molecule has 1 aliphatic carbocycles. The highest BCUT2D eigenvalue weighted by Gasteiger charge is 2.45. The van der Waals surface area contributed by atoms with Crippen molar-refractivity contribution < 1.29 is 23.6 Å². The second-order valence-electron chi connectivity index (χ2n) is 8.23. The third kappa shape index (κ3) is 3.90. The average Bonchev–Trinajstić information content (AvgIpc) is 3.34. The van der Waals surface area contributed by atoms with Crippen LogP contribution in [0.2, 0.25) is 0 Å². The number of rotatable bonds is 5. The smallest absolute Gasteiger partial charge is 0.328 e. The van der Waals surface area contributed by atoms with E-state index in [-0.39, 0.29) is 23.8 Å². The maximum absolute atomic E-state index is 13.2. The normalized spacial score (nSPS) is 22.5. The minimum Gasteiger partial charge on any atom is -0.497 e. The molecule has 3 amide bonds. The summed E-state index contributed by atoms with van der Waals surface area (Å²) in [6.07, 6.45) is 1.92. The van der Waals surface area contributed by atoms with Crippen LogP contribution in [0, 0.1) is 5.92 Å². The molecule has 0 radical (unpaired) electrons. The van der Waals surface area contributed by atoms with Gasteiger partial charge in [0.25, 0.3) is 0 Å². The first kappa shape index (κ1) is 21.0. The first-order valence-corrected chi connectivity index (χ1v) is 10.8. The van der Waals surface area contributed by atoms with Gasteiger partial charge in [0.05, 0.1) is 25.8 Å². The number of imide groups is 1. The van der Waals surface area contributed by atoms with Gasteiger partial charge < -0.3 is 19.3 Å². The zero-order valence-corrected chi connectivity index (χ0v) is 18.4. The molecule has 1 saturated carbocycles. The maximum Gasteiger partial charge on any atom is 0.328 e. The molecule has 9 nitrogen and oxygen atoms in total. The Bertz CT molecular complexity index is 1160. The zero-order valence-electron chi connectivity index (χ0n) is 18.4. The predicted octanol–water partition coefficient (Wildman–Crippen LogP) is 3.76. The molecule has 1 aliphatic heterocycles. The number of benzene rings is 2. The number of hydrogen-bond acceptors (Lipinski definition) is 7. The number of methoxy groups -OCH3 is 2. The molecule has 3 atom stereocenters. The monoisotopic (exact) mass is 448 g/mol. The van der Waals surface area contributed by atoms with Gasteiger partial charge in [0.1, 0.15) is 11.5 Å². The summed E-state index contributed by atoms with van der Waals surface area (Å²) in [5.41, 5.74) is 1.36. The van der Waals surface area contributed by atoms with Crippen molar-refractivity contribution in [3.63, 3.8) is 0 Å². The number of aromatic nitrogens is 2. The number of nitrogens with zero attached hydrogens (tertiary/aromatic N) is 3. The Kier molecular flexibility index (Phi) is 5.45. The Morgan fingerprint density at radius 1 is 0.970 bits per heavy atom. The molecule has 33 heavy (non-hydrogen) atoms. The number of ether oxygens (including phenoxy) is 2. The summed E-state index contributed by atoms with van der Waals surface area (Å²) in [7, 11) is 3.18. The molecule has 2 fully saturated rings. The van der Waals surface area contributed by atoms with Crippen molar-refractivity contribution in [2.75, 3.05) is 19.1 Å². The molecule has 3 unspecified atom stereocenters. The predicted molar refractivity (Wildman–Crippen MR) is 119 cm³/mol. The first-order valence-electron chi connectivity index (χ1n) is 10.8. The van der Waals surface area contributed by atoms with E-state index in [4.69, 9.17) is 14.0 Å². The van der Waals surface area contributed by atoms with E-state index in [0.29, 0.717) is 36.0 Å². The van der Waals surface area contributed by atoms with Crippen LogP contribution in [-0.2, 0) is 4.79 Å². The molecular weight excluding hydrogens is 424 g/mol. The number of amides is 3. The number of carbonyl (C=O) groups is 2. The molecule has 0 spiro atoms. The molecule has 9 heteroatoms. The van der Waals surface area contributed by atoms with Crippen molar-refractivity contribution in [1.82, 2.24) is 15.5 Å². The second-order valence-corrected chi connectivity index (χ2v) is 8.23. The highest BCUT2D eigenvalue weighted by molar-refractivity contribution is 6.17. The Balaban J connectivity index is 1.29. The largest absolute Gasteiger partial charge is 0.497 e. The van der Waals surface area contributed by atoms with Gasteiger partial charge in [-0.25, -0.2) is 9.69 Å². The fourth-order valence-corrected chi connectivity index (χ4v) is 4.57. The molecule has 3 aromatic rings. The number of urea groups is 1. The van der Waals surface area contributed by atoms with E-state index in [0.717, 1.165) is 17.7 Å². The summed E-state index contributed by atoms with van der Waals surface area (Å²) in [5.74, 6) is 1.95. The molecule has 170 valence electrons. The number of carbonyl (C=O) groups excluding carboxylic acids is 2. The van der Waals surface area contributed by atoms with Gasteiger partial charge in [0.2, 0.25) is 17.6 Å². The minimum absolute atomic E-state index is 0.0219. The molecule has 1 N–H and O–H groups in total. The van der Waals surface area contributed by atoms with Crippen LogP contribution >= 0.6 is 0 Å². The highest BCUT2D eigenvalue weighted by Crippen LogP contribution is 2.39. The molecule has 5 rings (SSSR count). The van der Waals surface area contributed by atoms with Crippen LogP contribution in [0.5, 0.6) is 11.5 Å². The SMILES string of the molecule is COc1ccc(-c2noc(C3CCC4C(=O)N(c5ccc(OC)cc5)C(=O)NC4C3)n2)cc1. The number of fused-ring (bicyclic) bond motifs is 1. The van der Waals surface area contributed by atoms with E-state index in [2.05, 4.69) is 15.5 Å². The Labute approximate surface area is 190 Å². The zero-order chi connectivity index (χ0) is 22.9. The van der Waals surface area contributed by atoms with Crippen LogP contribution in [0.25, 0.3) is 11.4 Å². The van der Waals surface area contributed by atoms with Crippen molar-refractivity contribution in [2.45, 2.75) is 31.2 Å². The summed E-state index contributed by atoms with van der Waals surface area (Å²) in [5, 5.41) is 7.13. The third-order valence-electron chi connectivity index (χ3n) is 6.37. The Morgan fingerprint density at radius 3 is 2.30 bits per heavy atom. The van der Waals surface area contributed by atoms with E-state index in [1.807, 2.05) is 24.3 Å². The van der Waals surface area contributed by atoms with Gasteiger partial charge in [0, 0.05) is 17.5 Å². The average molecular weight is 448 g/mol. The summed E-state index contributed by atoms with van der Waals surface area (Å²) in [6, 6.07) is 13.6. The lowest BCUT2D eigenvalue weighted by Crippen LogP contribution is -2.61. The topological polar surface area (TPSA) is 107 Å². The van der Waals surface area contributed by atoms with Gasteiger partial charge in [0.15, 0.2) is 0 Å². The van der Waals surface area contributed by atoms with Crippen LogP contribution < -0.4 is 19.7 Å². The van der Waals surface area contributed by atoms with Crippen molar-refractivity contribution in [2.24, 2.45) is 5.92 Å². The lowest BCUT2D eigenvalue weighted by atomic mass is 9.76. The van der Waals surface area contributed by atoms with Gasteiger partial charge in [-0.2, -0.15) is 4.98 Å². The van der Waals surface area contributed by atoms with Gasteiger partial charge >= 0.3 is 6.03 Å². The molecule has 1 aromatic heterocycles. The Morgan fingerprint density at radius 2 is 1.64 bits per heavy atom. The summed E-state index contributed by atoms with van der Waals surface area (Å²) in [4.78, 5) is 31.8. The summed E-state index contributed by atoms with van der Waals surface area (Å²) < 4.78 is 15.9. The van der Waals surface area contributed by atoms with Crippen LogP contribution in [0.1, 0.15) is 31.1 Å². The van der Waals surface area contributed by atoms with Crippen LogP contribution in [0.15, 0.2) is 53.1 Å². The van der Waals surface area contributed by atoms with E-state index >= 15 is 0 Å². The van der Waals surface area contributed by atoms with E-state index in [1.54, 1.807) is 38.5 Å². The van der Waals surface area contributed by atoms with Crippen LogP contribution in [0.3, 0.4) is 0 Å². The third-order valence-corrected chi connectivity index (χ3v) is 6.37. The number of anilines is 1. The van der Waals surface area contributed by atoms with Gasteiger partial charge in [-0.3, -0.25) is 4.79 Å². The van der Waals surface area contributed by atoms with Crippen LogP contribution in [0.4, 0.5) is 10.5 Å². The summed E-state index contributed by atoms with van der Waals surface area (Å²) >= 11 is 0. The maximum atomic E-state index is 13.2. The molecule has 2 aromatic carbocycles. The van der Waals surface area contributed by atoms with Crippen molar-refractivity contribution in [3.05, 3.63) is 54.4 Å². The minimum atomic E-state index is -0.420. The summed E-state index contributed by atoms with van der Waals surface area (Å²) in [6.45, 7) is 0. The molecular formula is C24H24N4O5. The highest BCUT2D eigenvalue weighted by atomic mass is 16.5. The van der Waals surface area contributed by atoms with Crippen molar-refractivity contribution in [1.29, 1.82) is 0 Å². The fraction of sp³-hybridized carbons (Fsp3) is 0.333. The van der Waals surface area contributed by atoms with E-state index < -0.39 is 6.03 Å². The van der Waals surface area contributed by atoms with Crippen molar-refractivity contribution in [3.8, 4) is 22.9 Å². The van der Waals surface area contributed by atoms with Gasteiger partial charge in [-0.1, -0.05) is 5.16 Å². The fourth-order valence-electron chi connectivity index (χ4n) is 4.57. The quantitative estimate of drug-likeness (QED) is 0.633. The Hall–Kier alpha value is -3.88. The van der Waals surface area contributed by atoms with Gasteiger partial charge in [-0.15, -0.1) is 0 Å². The standard InChI is InChI=1S/C24H24N4O5/c1-31-17-8-3-14(4-9-17)21-26-22(33-27-21)15-5-12-19-20(13-15)25-24(30)28(23(19)29)16-6-10-18(32-2)11-7-16/h3-4,6-11,15,19-20H,5,12-13H2,1-2H3,(H,25,30). The number of hydrogen-bond donors (Lipinski definition) is 1. The van der Waals surface area contributed by atoms with Gasteiger partial charge in [-0.05, 0) is 67.8 Å². The van der Waals surface area contributed by atoms with Crippen molar-refractivity contribution >= 4 is 17.6 Å². The van der Waals surface area contributed by atoms with E-state index in [9.17, 15) is 9.59 Å². The number of nitrogens with one attached hydrogen (secondary N) is 1. The molecule has 1 saturated heterocycles. The second kappa shape index (κ2) is 8.57. The molecule has 0 bridgehead atoms. The molecule has 2 aliphatic rings. The molecule has 2 heterocycles. The van der Waals surface area contributed by atoms with Crippen LogP contribution in [-0.4, -0.2) is 42.3 Å². The lowest BCUT2D eigenvalue weighted by molar-refractivity contribution is -0.124. The lowest BCUT2D eigenvalue weighted by Gasteiger charge is -2.41.